The Labute approximate surface area is 156 Å². The molecule has 0 aromatic heterocycles. The molecule has 0 unspecified atom stereocenters. The van der Waals surface area contributed by atoms with E-state index in [1.54, 1.807) is 18.2 Å². The van der Waals surface area contributed by atoms with Gasteiger partial charge in [-0.05, 0) is 34.5 Å². The summed E-state index contributed by atoms with van der Waals surface area (Å²) in [7, 11) is 0. The number of nitrogens with one attached hydrogen (secondary N) is 3. The van der Waals surface area contributed by atoms with Gasteiger partial charge in [-0.15, -0.1) is 0 Å². The van der Waals surface area contributed by atoms with Crippen molar-refractivity contribution in [2.24, 2.45) is 5.73 Å². The molecule has 0 aliphatic rings. The number of rotatable bonds is 7. The summed E-state index contributed by atoms with van der Waals surface area (Å²) in [5.41, 5.74) is 8.44. The number of fused-ring (bicyclic) bond motifs is 1. The SMILES string of the molecule is N=C(N)c1ccc(CNC(=O)c2cccc3cc(NCC=O)ccc23)cc1. The first-order valence-corrected chi connectivity index (χ1v) is 8.50. The van der Waals surface area contributed by atoms with E-state index in [2.05, 4.69) is 10.6 Å². The minimum Gasteiger partial charge on any atom is -0.384 e. The van der Waals surface area contributed by atoms with Crippen molar-refractivity contribution in [3.05, 3.63) is 77.4 Å². The fourth-order valence-electron chi connectivity index (χ4n) is 2.83. The molecule has 0 aliphatic heterocycles. The molecule has 0 saturated carbocycles. The van der Waals surface area contributed by atoms with Gasteiger partial charge in [-0.2, -0.15) is 0 Å². The Kier molecular flexibility index (Phi) is 5.47. The molecule has 0 atom stereocenters. The summed E-state index contributed by atoms with van der Waals surface area (Å²) >= 11 is 0. The van der Waals surface area contributed by atoms with Crippen molar-refractivity contribution in [2.45, 2.75) is 6.54 Å². The van der Waals surface area contributed by atoms with Crippen LogP contribution in [-0.2, 0) is 11.3 Å². The molecular formula is C21H20N4O2. The lowest BCUT2D eigenvalue weighted by atomic mass is 10.0. The maximum absolute atomic E-state index is 12.6. The number of amidine groups is 1. The Balaban J connectivity index is 1.74. The molecule has 6 nitrogen and oxygen atoms in total. The number of nitrogen functional groups attached to an aromatic ring is 1. The molecule has 0 radical (unpaired) electrons. The van der Waals surface area contributed by atoms with Crippen LogP contribution >= 0.6 is 0 Å². The molecule has 27 heavy (non-hydrogen) atoms. The molecule has 0 spiro atoms. The Bertz CT molecular complexity index is 997. The molecule has 0 aliphatic carbocycles. The topological polar surface area (TPSA) is 108 Å². The van der Waals surface area contributed by atoms with E-state index in [-0.39, 0.29) is 18.3 Å². The molecule has 1 amide bonds. The molecular weight excluding hydrogens is 340 g/mol. The van der Waals surface area contributed by atoms with Crippen molar-refractivity contribution >= 4 is 34.5 Å². The summed E-state index contributed by atoms with van der Waals surface area (Å²) in [4.78, 5) is 23.1. The van der Waals surface area contributed by atoms with Gasteiger partial charge < -0.3 is 21.2 Å². The minimum absolute atomic E-state index is 0.0170. The van der Waals surface area contributed by atoms with Crippen LogP contribution in [0.3, 0.4) is 0 Å². The third-order valence-electron chi connectivity index (χ3n) is 4.23. The predicted octanol–water partition coefficient (Wildman–Crippen LogP) is 2.66. The summed E-state index contributed by atoms with van der Waals surface area (Å²) in [5, 5.41) is 15.1. The minimum atomic E-state index is -0.162. The number of hydrogen-bond donors (Lipinski definition) is 4. The molecule has 3 aromatic carbocycles. The second-order valence-electron chi connectivity index (χ2n) is 6.08. The van der Waals surface area contributed by atoms with Crippen LogP contribution in [0.1, 0.15) is 21.5 Å². The molecule has 0 fully saturated rings. The molecule has 5 N–H and O–H groups in total. The van der Waals surface area contributed by atoms with E-state index in [0.717, 1.165) is 28.3 Å². The Morgan fingerprint density at radius 3 is 2.56 bits per heavy atom. The number of amides is 1. The van der Waals surface area contributed by atoms with Gasteiger partial charge in [0, 0.05) is 23.4 Å². The third kappa shape index (κ3) is 4.30. The zero-order chi connectivity index (χ0) is 19.2. The molecule has 136 valence electrons. The van der Waals surface area contributed by atoms with Crippen molar-refractivity contribution in [1.29, 1.82) is 5.41 Å². The number of aldehydes is 1. The number of carbonyl (C=O) groups excluding carboxylic acids is 2. The van der Waals surface area contributed by atoms with E-state index < -0.39 is 0 Å². The van der Waals surface area contributed by atoms with Crippen LogP contribution in [0.4, 0.5) is 5.69 Å². The van der Waals surface area contributed by atoms with Gasteiger partial charge >= 0.3 is 0 Å². The highest BCUT2D eigenvalue weighted by atomic mass is 16.1. The highest BCUT2D eigenvalue weighted by Gasteiger charge is 2.10. The molecule has 3 aromatic rings. The van der Waals surface area contributed by atoms with Crippen molar-refractivity contribution in [2.75, 3.05) is 11.9 Å². The lowest BCUT2D eigenvalue weighted by Crippen LogP contribution is -2.23. The van der Waals surface area contributed by atoms with E-state index in [9.17, 15) is 9.59 Å². The molecule has 0 bridgehead atoms. The largest absolute Gasteiger partial charge is 0.384 e. The fourth-order valence-corrected chi connectivity index (χ4v) is 2.83. The number of hydrogen-bond acceptors (Lipinski definition) is 4. The first-order chi connectivity index (χ1) is 13.1. The van der Waals surface area contributed by atoms with E-state index in [1.807, 2.05) is 42.5 Å². The number of anilines is 1. The maximum Gasteiger partial charge on any atom is 0.252 e. The lowest BCUT2D eigenvalue weighted by molar-refractivity contribution is -0.106. The monoisotopic (exact) mass is 360 g/mol. The highest BCUT2D eigenvalue weighted by molar-refractivity contribution is 6.07. The number of carbonyl (C=O) groups is 2. The maximum atomic E-state index is 12.6. The fraction of sp³-hybridized carbons (Fsp3) is 0.0952. The molecule has 0 saturated heterocycles. The zero-order valence-corrected chi connectivity index (χ0v) is 14.7. The van der Waals surface area contributed by atoms with Crippen molar-refractivity contribution in [3.63, 3.8) is 0 Å². The van der Waals surface area contributed by atoms with Crippen molar-refractivity contribution < 1.29 is 9.59 Å². The van der Waals surface area contributed by atoms with Crippen LogP contribution in [0, 0.1) is 5.41 Å². The predicted molar refractivity (Wildman–Crippen MR) is 107 cm³/mol. The van der Waals surface area contributed by atoms with Crippen molar-refractivity contribution in [3.8, 4) is 0 Å². The summed E-state index contributed by atoms with van der Waals surface area (Å²) in [5.74, 6) is -0.145. The average Bonchev–Trinajstić information content (AvgIpc) is 2.70. The second-order valence-corrected chi connectivity index (χ2v) is 6.08. The van der Waals surface area contributed by atoms with E-state index in [4.69, 9.17) is 11.1 Å². The van der Waals surface area contributed by atoms with Gasteiger partial charge in [0.15, 0.2) is 0 Å². The highest BCUT2D eigenvalue weighted by Crippen LogP contribution is 2.22. The van der Waals surface area contributed by atoms with Gasteiger partial charge in [0.25, 0.3) is 5.91 Å². The average molecular weight is 360 g/mol. The Hall–Kier alpha value is -3.67. The van der Waals surface area contributed by atoms with Crippen LogP contribution in [-0.4, -0.2) is 24.6 Å². The van der Waals surface area contributed by atoms with E-state index in [0.29, 0.717) is 17.7 Å². The first kappa shape index (κ1) is 18.1. The van der Waals surface area contributed by atoms with Gasteiger partial charge in [0.1, 0.15) is 12.1 Å². The lowest BCUT2D eigenvalue weighted by Gasteiger charge is -2.10. The molecule has 6 heteroatoms. The van der Waals surface area contributed by atoms with E-state index in [1.165, 1.54) is 0 Å². The quantitative estimate of drug-likeness (QED) is 0.295. The van der Waals surface area contributed by atoms with Crippen LogP contribution in [0.25, 0.3) is 10.8 Å². The van der Waals surface area contributed by atoms with Gasteiger partial charge in [-0.3, -0.25) is 10.2 Å². The second kappa shape index (κ2) is 8.14. The molecule has 0 heterocycles. The first-order valence-electron chi connectivity index (χ1n) is 8.50. The van der Waals surface area contributed by atoms with Gasteiger partial charge in [-0.25, -0.2) is 0 Å². The summed E-state index contributed by atoms with van der Waals surface area (Å²) < 4.78 is 0. The Morgan fingerprint density at radius 2 is 1.85 bits per heavy atom. The molecule has 3 rings (SSSR count). The van der Waals surface area contributed by atoms with Crippen LogP contribution in [0.2, 0.25) is 0 Å². The summed E-state index contributed by atoms with van der Waals surface area (Å²) in [6.45, 7) is 0.625. The summed E-state index contributed by atoms with van der Waals surface area (Å²) in [6.07, 6.45) is 0.803. The van der Waals surface area contributed by atoms with Crippen LogP contribution in [0.15, 0.2) is 60.7 Å². The van der Waals surface area contributed by atoms with Crippen molar-refractivity contribution in [1.82, 2.24) is 5.32 Å². The normalized spacial score (nSPS) is 10.4. The Morgan fingerprint density at radius 1 is 1.07 bits per heavy atom. The zero-order valence-electron chi connectivity index (χ0n) is 14.7. The standard InChI is InChI=1S/C21H20N4O2/c22-20(23)15-6-4-14(5-7-15)13-25-21(27)19-3-1-2-16-12-17(24-10-11-26)8-9-18(16)19/h1-9,11-12,24H,10,13H2,(H3,22,23)(H,25,27). The van der Waals surface area contributed by atoms with Crippen LogP contribution < -0.4 is 16.4 Å². The van der Waals surface area contributed by atoms with Gasteiger partial charge in [-0.1, -0.05) is 42.5 Å². The smallest absolute Gasteiger partial charge is 0.252 e. The van der Waals surface area contributed by atoms with Gasteiger partial charge in [0.2, 0.25) is 0 Å². The third-order valence-corrected chi connectivity index (χ3v) is 4.23. The van der Waals surface area contributed by atoms with Crippen LogP contribution in [0.5, 0.6) is 0 Å². The van der Waals surface area contributed by atoms with E-state index >= 15 is 0 Å². The number of benzene rings is 3. The van der Waals surface area contributed by atoms with Gasteiger partial charge in [0.05, 0.1) is 6.54 Å². The number of nitrogens with two attached hydrogens (primary N) is 1. The summed E-state index contributed by atoms with van der Waals surface area (Å²) in [6, 6.07) is 18.4.